The van der Waals surface area contributed by atoms with Crippen molar-refractivity contribution >= 4 is 17.4 Å². The van der Waals surface area contributed by atoms with Gasteiger partial charge < -0.3 is 9.84 Å². The summed E-state index contributed by atoms with van der Waals surface area (Å²) in [6, 6.07) is 15.7. The second-order valence-corrected chi connectivity index (χ2v) is 6.30. The molecular formula is C20H25ClO3. The SMILES string of the molecule is CC(=O)C(C)C(C)O.Cc1ccc(OCc2ccc(Cl)cc2)cc1. The fourth-order valence-corrected chi connectivity index (χ4v) is 1.85. The van der Waals surface area contributed by atoms with Gasteiger partial charge in [0.15, 0.2) is 0 Å². The first-order chi connectivity index (χ1) is 11.3. The maximum Gasteiger partial charge on any atom is 0.135 e. The summed E-state index contributed by atoms with van der Waals surface area (Å²) in [5, 5.41) is 9.52. The van der Waals surface area contributed by atoms with Gasteiger partial charge in [-0.1, -0.05) is 48.4 Å². The van der Waals surface area contributed by atoms with Crippen LogP contribution < -0.4 is 4.74 Å². The summed E-state index contributed by atoms with van der Waals surface area (Å²) < 4.78 is 5.64. The summed E-state index contributed by atoms with van der Waals surface area (Å²) in [5.41, 5.74) is 2.35. The van der Waals surface area contributed by atoms with Crippen molar-refractivity contribution in [2.45, 2.75) is 40.4 Å². The number of carbonyl (C=O) groups is 1. The summed E-state index contributed by atoms with van der Waals surface area (Å²) >= 11 is 5.81. The predicted octanol–water partition coefficient (Wildman–Crippen LogP) is 4.82. The molecule has 2 unspecified atom stereocenters. The van der Waals surface area contributed by atoms with E-state index in [-0.39, 0.29) is 11.7 Å². The fraction of sp³-hybridized carbons (Fsp3) is 0.350. The Morgan fingerprint density at radius 1 is 1.08 bits per heavy atom. The molecule has 0 bridgehead atoms. The maximum atomic E-state index is 10.4. The molecular weight excluding hydrogens is 324 g/mol. The van der Waals surface area contributed by atoms with Gasteiger partial charge in [-0.3, -0.25) is 4.79 Å². The minimum Gasteiger partial charge on any atom is -0.489 e. The molecule has 0 saturated carbocycles. The molecule has 4 heteroatoms. The second-order valence-electron chi connectivity index (χ2n) is 5.87. The number of Topliss-reactive ketones (excluding diaryl/α,β-unsaturated/α-hetero) is 1. The molecule has 2 aromatic rings. The van der Waals surface area contributed by atoms with Crippen LogP contribution in [0.2, 0.25) is 5.02 Å². The van der Waals surface area contributed by atoms with Gasteiger partial charge in [0.05, 0.1) is 6.10 Å². The van der Waals surface area contributed by atoms with Gasteiger partial charge in [0.25, 0.3) is 0 Å². The Bertz CT molecular complexity index is 573. The number of carbonyl (C=O) groups excluding carboxylic acids is 1. The topological polar surface area (TPSA) is 46.5 Å². The third-order valence-electron chi connectivity index (χ3n) is 3.70. The van der Waals surface area contributed by atoms with Crippen LogP contribution >= 0.6 is 11.6 Å². The number of rotatable bonds is 5. The fourth-order valence-electron chi connectivity index (χ4n) is 1.72. The Morgan fingerprint density at radius 3 is 2.04 bits per heavy atom. The van der Waals surface area contributed by atoms with Crippen molar-refractivity contribution in [2.24, 2.45) is 5.92 Å². The molecule has 24 heavy (non-hydrogen) atoms. The van der Waals surface area contributed by atoms with Crippen LogP contribution in [0.4, 0.5) is 0 Å². The lowest BCUT2D eigenvalue weighted by atomic mass is 10.0. The van der Waals surface area contributed by atoms with E-state index in [1.165, 1.54) is 12.5 Å². The highest BCUT2D eigenvalue weighted by atomic mass is 35.5. The number of aryl methyl sites for hydroxylation is 1. The number of halogens is 1. The summed E-state index contributed by atoms with van der Waals surface area (Å²) in [6.07, 6.45) is -0.507. The van der Waals surface area contributed by atoms with E-state index in [2.05, 4.69) is 6.92 Å². The smallest absolute Gasteiger partial charge is 0.135 e. The minimum absolute atomic E-state index is 0.0417. The zero-order chi connectivity index (χ0) is 18.1. The molecule has 0 fully saturated rings. The molecule has 0 spiro atoms. The third-order valence-corrected chi connectivity index (χ3v) is 3.96. The second kappa shape index (κ2) is 10.1. The molecule has 2 aromatic carbocycles. The van der Waals surface area contributed by atoms with Gasteiger partial charge in [-0.05, 0) is 50.6 Å². The molecule has 2 atom stereocenters. The summed E-state index contributed by atoms with van der Waals surface area (Å²) in [7, 11) is 0. The molecule has 0 amide bonds. The van der Waals surface area contributed by atoms with E-state index >= 15 is 0 Å². The Labute approximate surface area is 149 Å². The van der Waals surface area contributed by atoms with Crippen molar-refractivity contribution in [2.75, 3.05) is 0 Å². The summed E-state index contributed by atoms with van der Waals surface area (Å²) in [4.78, 5) is 10.4. The van der Waals surface area contributed by atoms with E-state index in [0.717, 1.165) is 16.3 Å². The molecule has 0 aliphatic heterocycles. The maximum absolute atomic E-state index is 10.4. The van der Waals surface area contributed by atoms with E-state index in [0.29, 0.717) is 6.61 Å². The number of ketones is 1. The largest absolute Gasteiger partial charge is 0.489 e. The molecule has 0 aliphatic carbocycles. The monoisotopic (exact) mass is 348 g/mol. The van der Waals surface area contributed by atoms with E-state index in [1.807, 2.05) is 48.5 Å². The van der Waals surface area contributed by atoms with Gasteiger partial charge in [-0.25, -0.2) is 0 Å². The van der Waals surface area contributed by atoms with Crippen LogP contribution in [0.5, 0.6) is 5.75 Å². The number of ether oxygens (including phenoxy) is 1. The van der Waals surface area contributed by atoms with Crippen molar-refractivity contribution in [3.05, 3.63) is 64.7 Å². The molecule has 2 rings (SSSR count). The molecule has 3 nitrogen and oxygen atoms in total. The van der Waals surface area contributed by atoms with Gasteiger partial charge >= 0.3 is 0 Å². The molecule has 0 saturated heterocycles. The lowest BCUT2D eigenvalue weighted by Crippen LogP contribution is -2.19. The molecule has 0 radical (unpaired) electrons. The standard InChI is InChI=1S/C14H13ClO.C6H12O2/c1-11-2-8-14(9-3-11)16-10-12-4-6-13(15)7-5-12;1-4(5(2)7)6(3)8/h2-9H,10H2,1H3;4-5,7H,1-3H3. The van der Waals surface area contributed by atoms with Crippen molar-refractivity contribution < 1.29 is 14.6 Å². The zero-order valence-electron chi connectivity index (χ0n) is 14.6. The number of aliphatic hydroxyl groups is 1. The van der Waals surface area contributed by atoms with E-state index < -0.39 is 6.10 Å². The minimum atomic E-state index is -0.507. The van der Waals surface area contributed by atoms with Gasteiger partial charge in [0, 0.05) is 10.9 Å². The van der Waals surface area contributed by atoms with Crippen LogP contribution in [-0.2, 0) is 11.4 Å². The van der Waals surface area contributed by atoms with Crippen LogP contribution in [-0.4, -0.2) is 17.0 Å². The summed E-state index contributed by atoms with van der Waals surface area (Å²) in [6.45, 7) is 7.44. The van der Waals surface area contributed by atoms with E-state index in [9.17, 15) is 4.79 Å². The van der Waals surface area contributed by atoms with Gasteiger partial charge in [-0.2, -0.15) is 0 Å². The molecule has 0 aromatic heterocycles. The first kappa shape index (κ1) is 20.2. The lowest BCUT2D eigenvalue weighted by molar-refractivity contribution is -0.123. The number of hydrogen-bond acceptors (Lipinski definition) is 3. The number of hydrogen-bond donors (Lipinski definition) is 1. The molecule has 0 aliphatic rings. The van der Waals surface area contributed by atoms with Crippen LogP contribution in [0, 0.1) is 12.8 Å². The van der Waals surface area contributed by atoms with Crippen LogP contribution in [0.1, 0.15) is 31.9 Å². The van der Waals surface area contributed by atoms with Gasteiger partial charge in [0.1, 0.15) is 18.1 Å². The first-order valence-electron chi connectivity index (χ1n) is 7.92. The van der Waals surface area contributed by atoms with Crippen LogP contribution in [0.25, 0.3) is 0 Å². The molecule has 130 valence electrons. The average Bonchev–Trinajstić information content (AvgIpc) is 2.55. The number of aliphatic hydroxyl groups excluding tert-OH is 1. The Hall–Kier alpha value is -1.84. The Kier molecular flexibility index (Phi) is 8.51. The third kappa shape index (κ3) is 7.62. The van der Waals surface area contributed by atoms with Gasteiger partial charge in [-0.15, -0.1) is 0 Å². The molecule has 1 N–H and O–H groups in total. The zero-order valence-corrected chi connectivity index (χ0v) is 15.4. The van der Waals surface area contributed by atoms with Gasteiger partial charge in [0.2, 0.25) is 0 Å². The van der Waals surface area contributed by atoms with Crippen LogP contribution in [0.3, 0.4) is 0 Å². The van der Waals surface area contributed by atoms with Crippen molar-refractivity contribution in [1.82, 2.24) is 0 Å². The van der Waals surface area contributed by atoms with E-state index in [1.54, 1.807) is 13.8 Å². The lowest BCUT2D eigenvalue weighted by Gasteiger charge is -2.08. The quantitative estimate of drug-likeness (QED) is 0.842. The molecule has 0 heterocycles. The highest BCUT2D eigenvalue weighted by Crippen LogP contribution is 2.15. The van der Waals surface area contributed by atoms with E-state index in [4.69, 9.17) is 21.4 Å². The normalized spacial score (nSPS) is 12.6. The first-order valence-corrected chi connectivity index (χ1v) is 8.30. The summed E-state index contributed by atoms with van der Waals surface area (Å²) in [5.74, 6) is 0.718. The van der Waals surface area contributed by atoms with Crippen LogP contribution in [0.15, 0.2) is 48.5 Å². The van der Waals surface area contributed by atoms with Crippen molar-refractivity contribution in [1.29, 1.82) is 0 Å². The van der Waals surface area contributed by atoms with Crippen molar-refractivity contribution in [3.8, 4) is 5.75 Å². The highest BCUT2D eigenvalue weighted by molar-refractivity contribution is 6.30. The Balaban J connectivity index is 0.000000307. The predicted molar refractivity (Wildman–Crippen MR) is 98.5 cm³/mol. The average molecular weight is 349 g/mol. The Morgan fingerprint density at radius 2 is 1.62 bits per heavy atom. The highest BCUT2D eigenvalue weighted by Gasteiger charge is 2.12. The van der Waals surface area contributed by atoms with Crippen molar-refractivity contribution in [3.63, 3.8) is 0 Å². The number of benzene rings is 2.